The molecule has 0 saturated carbocycles. The molecule has 2 aromatic carbocycles. The van der Waals surface area contributed by atoms with Crippen molar-refractivity contribution in [2.75, 3.05) is 13.6 Å². The Labute approximate surface area is 175 Å². The lowest BCUT2D eigenvalue weighted by atomic mass is 10.1. The van der Waals surface area contributed by atoms with E-state index in [4.69, 9.17) is 0 Å². The predicted octanol–water partition coefficient (Wildman–Crippen LogP) is 3.44. The highest BCUT2D eigenvalue weighted by Gasteiger charge is 2.10. The van der Waals surface area contributed by atoms with Crippen LogP contribution in [-0.2, 0) is 13.0 Å². The second-order valence-corrected chi connectivity index (χ2v) is 7.08. The summed E-state index contributed by atoms with van der Waals surface area (Å²) in [4.78, 5) is 14.1. The van der Waals surface area contributed by atoms with E-state index >= 15 is 0 Å². The number of para-hydroxylation sites is 1. The topological polar surface area (TPSA) is 68.0 Å². The second-order valence-electron chi connectivity index (χ2n) is 7.08. The first-order valence-corrected chi connectivity index (χ1v) is 9.86. The Morgan fingerprint density at radius 1 is 0.933 bits per heavy atom. The maximum absolute atomic E-state index is 12.4. The van der Waals surface area contributed by atoms with Gasteiger partial charge < -0.3 is 10.2 Å². The quantitative estimate of drug-likeness (QED) is 0.517. The third-order valence-electron chi connectivity index (χ3n) is 4.82. The summed E-state index contributed by atoms with van der Waals surface area (Å²) in [5, 5.41) is 11.6. The van der Waals surface area contributed by atoms with Gasteiger partial charge in [-0.3, -0.25) is 0 Å². The van der Waals surface area contributed by atoms with E-state index in [1.165, 1.54) is 0 Å². The summed E-state index contributed by atoms with van der Waals surface area (Å²) in [5.41, 5.74) is 4.15. The van der Waals surface area contributed by atoms with Crippen molar-refractivity contribution in [2.45, 2.75) is 13.0 Å². The van der Waals surface area contributed by atoms with Crippen molar-refractivity contribution in [3.05, 3.63) is 96.6 Å². The number of rotatable bonds is 7. The average Bonchev–Trinajstić information content (AvgIpc) is 3.47. The van der Waals surface area contributed by atoms with Crippen molar-refractivity contribution >= 4 is 6.03 Å². The number of aromatic nitrogens is 4. The van der Waals surface area contributed by atoms with Gasteiger partial charge in [-0.2, -0.15) is 10.2 Å². The molecule has 0 aliphatic carbocycles. The number of hydrogen-bond donors (Lipinski definition) is 1. The molecule has 0 atom stereocenters. The van der Waals surface area contributed by atoms with Crippen LogP contribution in [0.5, 0.6) is 0 Å². The van der Waals surface area contributed by atoms with Crippen LogP contribution in [-0.4, -0.2) is 44.1 Å². The van der Waals surface area contributed by atoms with Gasteiger partial charge in [0.15, 0.2) is 0 Å². The number of hydrogen-bond acceptors (Lipinski definition) is 3. The molecule has 0 fully saturated rings. The van der Waals surface area contributed by atoms with E-state index in [2.05, 4.69) is 27.6 Å². The van der Waals surface area contributed by atoms with Gasteiger partial charge in [0.1, 0.15) is 0 Å². The summed E-state index contributed by atoms with van der Waals surface area (Å²) >= 11 is 0. The monoisotopic (exact) mass is 400 g/mol. The van der Waals surface area contributed by atoms with E-state index < -0.39 is 0 Å². The van der Waals surface area contributed by atoms with E-state index in [9.17, 15) is 4.79 Å². The first-order valence-electron chi connectivity index (χ1n) is 9.86. The van der Waals surface area contributed by atoms with Crippen molar-refractivity contribution in [1.82, 2.24) is 29.8 Å². The van der Waals surface area contributed by atoms with Crippen LogP contribution < -0.4 is 5.32 Å². The molecule has 152 valence electrons. The van der Waals surface area contributed by atoms with Gasteiger partial charge in [0, 0.05) is 37.7 Å². The molecule has 7 heteroatoms. The van der Waals surface area contributed by atoms with E-state index in [1.54, 1.807) is 24.3 Å². The van der Waals surface area contributed by atoms with Gasteiger partial charge >= 0.3 is 6.03 Å². The lowest BCUT2D eigenvalue weighted by Gasteiger charge is -2.17. The molecule has 0 aliphatic heterocycles. The highest BCUT2D eigenvalue weighted by atomic mass is 16.2. The molecular formula is C23H24N6O. The van der Waals surface area contributed by atoms with Crippen LogP contribution in [0.25, 0.3) is 11.4 Å². The molecule has 0 saturated heterocycles. The number of urea groups is 1. The Morgan fingerprint density at radius 2 is 1.70 bits per heavy atom. The Kier molecular flexibility index (Phi) is 5.89. The molecule has 1 N–H and O–H groups in total. The van der Waals surface area contributed by atoms with Crippen LogP contribution in [0.2, 0.25) is 0 Å². The maximum Gasteiger partial charge on any atom is 0.317 e. The van der Waals surface area contributed by atoms with Crippen molar-refractivity contribution in [1.29, 1.82) is 0 Å². The summed E-state index contributed by atoms with van der Waals surface area (Å²) < 4.78 is 3.63. The average molecular weight is 400 g/mol. The molecule has 4 rings (SSSR count). The third-order valence-corrected chi connectivity index (χ3v) is 4.82. The minimum Gasteiger partial charge on any atom is -0.338 e. The first-order chi connectivity index (χ1) is 14.7. The van der Waals surface area contributed by atoms with E-state index in [1.807, 2.05) is 70.3 Å². The fourth-order valence-corrected chi connectivity index (χ4v) is 3.19. The van der Waals surface area contributed by atoms with Crippen LogP contribution in [0.15, 0.2) is 85.5 Å². The molecular weight excluding hydrogens is 376 g/mol. The summed E-state index contributed by atoms with van der Waals surface area (Å²) in [6.45, 7) is 1.07. The fourth-order valence-electron chi connectivity index (χ4n) is 3.19. The molecule has 2 aromatic heterocycles. The van der Waals surface area contributed by atoms with Crippen molar-refractivity contribution < 1.29 is 4.79 Å². The maximum atomic E-state index is 12.4. The SMILES string of the molecule is CN(Cc1cnn(-c2ccccc2)c1)C(=O)NCCc1ccc(-n2cccn2)cc1. The van der Waals surface area contributed by atoms with E-state index in [0.717, 1.165) is 28.9 Å². The molecule has 2 heterocycles. The third kappa shape index (κ3) is 4.75. The second kappa shape index (κ2) is 9.09. The van der Waals surface area contributed by atoms with Crippen LogP contribution in [0.3, 0.4) is 0 Å². The number of benzene rings is 2. The zero-order valence-corrected chi connectivity index (χ0v) is 16.8. The smallest absolute Gasteiger partial charge is 0.317 e. The summed E-state index contributed by atoms with van der Waals surface area (Å²) in [7, 11) is 1.79. The number of nitrogens with zero attached hydrogens (tertiary/aromatic N) is 5. The van der Waals surface area contributed by atoms with Gasteiger partial charge in [-0.05, 0) is 42.3 Å². The Hall–Kier alpha value is -3.87. The molecule has 30 heavy (non-hydrogen) atoms. The number of carbonyl (C=O) groups excluding carboxylic acids is 1. The lowest BCUT2D eigenvalue weighted by molar-refractivity contribution is 0.207. The number of amides is 2. The zero-order valence-electron chi connectivity index (χ0n) is 16.8. The van der Waals surface area contributed by atoms with E-state index in [0.29, 0.717) is 13.1 Å². The van der Waals surface area contributed by atoms with Crippen LogP contribution in [0.1, 0.15) is 11.1 Å². The van der Waals surface area contributed by atoms with Crippen molar-refractivity contribution in [2.24, 2.45) is 0 Å². The Balaban J connectivity index is 1.24. The molecule has 0 unspecified atom stereocenters. The molecule has 0 aliphatic rings. The molecule has 0 radical (unpaired) electrons. The normalized spacial score (nSPS) is 10.7. The molecule has 0 spiro atoms. The van der Waals surface area contributed by atoms with Gasteiger partial charge in [0.05, 0.1) is 24.1 Å². The van der Waals surface area contributed by atoms with Gasteiger partial charge in [0.25, 0.3) is 0 Å². The Morgan fingerprint density at radius 3 is 2.43 bits per heavy atom. The highest BCUT2D eigenvalue weighted by molar-refractivity contribution is 5.73. The molecule has 7 nitrogen and oxygen atoms in total. The van der Waals surface area contributed by atoms with Gasteiger partial charge in [0.2, 0.25) is 0 Å². The van der Waals surface area contributed by atoms with Crippen molar-refractivity contribution in [3.63, 3.8) is 0 Å². The van der Waals surface area contributed by atoms with E-state index in [-0.39, 0.29) is 6.03 Å². The fraction of sp³-hybridized carbons (Fsp3) is 0.174. The summed E-state index contributed by atoms with van der Waals surface area (Å²) in [6, 6.07) is 19.9. The van der Waals surface area contributed by atoms with Gasteiger partial charge in [-0.1, -0.05) is 30.3 Å². The minimum atomic E-state index is -0.101. The standard InChI is InChI=1S/C23H24N6O/c1-27(17-20-16-26-29(18-20)21-6-3-2-4-7-21)23(30)24-14-12-19-8-10-22(11-9-19)28-15-5-13-25-28/h2-11,13,15-16,18H,12,14,17H2,1H3,(H,24,30). The van der Waals surface area contributed by atoms with Crippen LogP contribution in [0.4, 0.5) is 4.79 Å². The molecule has 2 amide bonds. The summed E-state index contributed by atoms with van der Waals surface area (Å²) in [5.74, 6) is 0. The predicted molar refractivity (Wildman–Crippen MR) is 116 cm³/mol. The van der Waals surface area contributed by atoms with Crippen LogP contribution >= 0.6 is 0 Å². The molecule has 0 bridgehead atoms. The highest BCUT2D eigenvalue weighted by Crippen LogP contribution is 2.10. The van der Waals surface area contributed by atoms with Gasteiger partial charge in [-0.15, -0.1) is 0 Å². The Bertz CT molecular complexity index is 1070. The zero-order chi connectivity index (χ0) is 20.8. The van der Waals surface area contributed by atoms with Gasteiger partial charge in [-0.25, -0.2) is 14.2 Å². The largest absolute Gasteiger partial charge is 0.338 e. The van der Waals surface area contributed by atoms with Crippen LogP contribution in [0, 0.1) is 0 Å². The summed E-state index contributed by atoms with van der Waals surface area (Å²) in [6.07, 6.45) is 8.17. The molecule has 4 aromatic rings. The number of nitrogens with one attached hydrogen (secondary N) is 1. The number of carbonyl (C=O) groups is 1. The van der Waals surface area contributed by atoms with Crippen molar-refractivity contribution in [3.8, 4) is 11.4 Å². The first kappa shape index (κ1) is 19.4. The lowest BCUT2D eigenvalue weighted by Crippen LogP contribution is -2.37. The minimum absolute atomic E-state index is 0.101.